The van der Waals surface area contributed by atoms with Gasteiger partial charge in [0.05, 0.1) is 37.9 Å². The fraction of sp³-hybridized carbons (Fsp3) is 0.464. The molecule has 0 aromatic heterocycles. The Labute approximate surface area is 207 Å². The number of carbonyl (C=O) groups excluding carboxylic acids is 2. The molecule has 0 N–H and O–H groups in total. The molecular formula is C28H35N3O4. The Morgan fingerprint density at radius 3 is 2.71 bits per heavy atom. The van der Waals surface area contributed by atoms with Gasteiger partial charge in [0.25, 0.3) is 5.91 Å². The summed E-state index contributed by atoms with van der Waals surface area (Å²) in [7, 11) is 1.64. The van der Waals surface area contributed by atoms with Gasteiger partial charge in [0, 0.05) is 18.5 Å². The number of methoxy groups -OCH3 is 1. The van der Waals surface area contributed by atoms with Crippen LogP contribution >= 0.6 is 0 Å². The van der Waals surface area contributed by atoms with Crippen molar-refractivity contribution in [3.8, 4) is 5.75 Å². The molecule has 2 aliphatic rings. The lowest BCUT2D eigenvalue weighted by Crippen LogP contribution is -2.44. The van der Waals surface area contributed by atoms with Crippen molar-refractivity contribution >= 4 is 17.6 Å². The predicted molar refractivity (Wildman–Crippen MR) is 135 cm³/mol. The molecule has 4 rings (SSSR count). The van der Waals surface area contributed by atoms with Crippen molar-refractivity contribution in [2.45, 2.75) is 46.1 Å². The zero-order valence-electron chi connectivity index (χ0n) is 21.1. The van der Waals surface area contributed by atoms with Gasteiger partial charge in [-0.3, -0.25) is 14.5 Å². The number of amides is 1. The van der Waals surface area contributed by atoms with Gasteiger partial charge in [-0.05, 0) is 63.4 Å². The van der Waals surface area contributed by atoms with Crippen LogP contribution in [0.5, 0.6) is 5.75 Å². The van der Waals surface area contributed by atoms with Gasteiger partial charge in [0.1, 0.15) is 5.75 Å². The van der Waals surface area contributed by atoms with Crippen molar-refractivity contribution < 1.29 is 19.1 Å². The summed E-state index contributed by atoms with van der Waals surface area (Å²) in [5.74, 6) is 0.332. The van der Waals surface area contributed by atoms with Gasteiger partial charge in [0.2, 0.25) is 0 Å². The Hall–Kier alpha value is -3.19. The lowest BCUT2D eigenvalue weighted by atomic mass is 9.95. The zero-order chi connectivity index (χ0) is 24.9. The largest absolute Gasteiger partial charge is 0.497 e. The maximum atomic E-state index is 13.6. The van der Waals surface area contributed by atoms with Crippen LogP contribution in [0.25, 0.3) is 0 Å². The quantitative estimate of drug-likeness (QED) is 0.557. The summed E-state index contributed by atoms with van der Waals surface area (Å²) in [6, 6.07) is 14.0. The number of benzene rings is 2. The minimum atomic E-state index is -0.209. The van der Waals surface area contributed by atoms with Crippen molar-refractivity contribution in [3.63, 3.8) is 0 Å². The molecule has 0 saturated carbocycles. The number of hydrazone groups is 1. The Bertz CT molecular complexity index is 1110. The number of esters is 1. The Morgan fingerprint density at radius 1 is 1.14 bits per heavy atom. The second-order valence-corrected chi connectivity index (χ2v) is 9.43. The van der Waals surface area contributed by atoms with Crippen molar-refractivity contribution in [2.75, 3.05) is 33.4 Å². The Kier molecular flexibility index (Phi) is 7.86. The maximum Gasteiger partial charge on any atom is 0.310 e. The smallest absolute Gasteiger partial charge is 0.310 e. The standard InChI is InChI=1S/C28H35N3O4/c1-5-35-28(33)22-9-7-13-30(17-22)18-27(32)31-26(21-8-6-10-23(15-21)34-4)16-25(29-31)24-12-11-19(2)14-20(24)3/h6,8,10-12,14-15,22,26H,5,7,9,13,16-18H2,1-4H3/t22-,26-/m1/s1. The van der Waals surface area contributed by atoms with E-state index in [0.717, 1.165) is 47.5 Å². The number of carbonyl (C=O) groups is 2. The molecule has 0 aliphatic carbocycles. The van der Waals surface area contributed by atoms with Crippen LogP contribution in [-0.2, 0) is 14.3 Å². The Balaban J connectivity index is 1.58. The molecule has 2 aromatic rings. The molecule has 1 fully saturated rings. The first kappa shape index (κ1) is 24.9. The molecule has 7 nitrogen and oxygen atoms in total. The molecule has 186 valence electrons. The molecule has 2 atom stereocenters. The van der Waals surface area contributed by atoms with E-state index in [9.17, 15) is 9.59 Å². The van der Waals surface area contributed by atoms with Crippen LogP contribution in [-0.4, -0.2) is 60.8 Å². The van der Waals surface area contributed by atoms with E-state index in [4.69, 9.17) is 14.6 Å². The SMILES string of the molecule is CCOC(=O)[C@@H]1CCCN(CC(=O)N2N=C(c3ccc(C)cc3C)C[C@@H]2c2cccc(OC)c2)C1. The first-order chi connectivity index (χ1) is 16.9. The fourth-order valence-corrected chi connectivity index (χ4v) is 5.06. The van der Waals surface area contributed by atoms with E-state index in [1.807, 2.05) is 31.2 Å². The number of aryl methyl sites for hydroxylation is 2. The number of rotatable bonds is 7. The second kappa shape index (κ2) is 11.0. The molecule has 0 bridgehead atoms. The fourth-order valence-electron chi connectivity index (χ4n) is 5.06. The van der Waals surface area contributed by atoms with Gasteiger partial charge in [-0.25, -0.2) is 5.01 Å². The van der Waals surface area contributed by atoms with Crippen LogP contribution in [0.15, 0.2) is 47.6 Å². The van der Waals surface area contributed by atoms with Crippen LogP contribution in [0.1, 0.15) is 54.5 Å². The third-order valence-corrected chi connectivity index (χ3v) is 6.82. The van der Waals surface area contributed by atoms with Gasteiger partial charge < -0.3 is 9.47 Å². The number of likely N-dealkylation sites (tertiary alicyclic amines) is 1. The monoisotopic (exact) mass is 477 g/mol. The van der Waals surface area contributed by atoms with E-state index in [1.165, 1.54) is 5.56 Å². The van der Waals surface area contributed by atoms with Crippen molar-refractivity contribution in [2.24, 2.45) is 11.0 Å². The van der Waals surface area contributed by atoms with Gasteiger partial charge in [-0.15, -0.1) is 0 Å². The van der Waals surface area contributed by atoms with E-state index in [2.05, 4.69) is 36.9 Å². The molecule has 1 saturated heterocycles. The number of ether oxygens (including phenoxy) is 2. The summed E-state index contributed by atoms with van der Waals surface area (Å²) in [6.45, 7) is 7.89. The molecule has 2 aromatic carbocycles. The molecule has 7 heteroatoms. The molecule has 2 aliphatic heterocycles. The summed E-state index contributed by atoms with van der Waals surface area (Å²) in [5, 5.41) is 6.49. The normalized spacial score (nSPS) is 20.5. The molecular weight excluding hydrogens is 442 g/mol. The zero-order valence-corrected chi connectivity index (χ0v) is 21.1. The van der Waals surface area contributed by atoms with E-state index in [0.29, 0.717) is 19.6 Å². The Morgan fingerprint density at radius 2 is 1.97 bits per heavy atom. The molecule has 35 heavy (non-hydrogen) atoms. The second-order valence-electron chi connectivity index (χ2n) is 9.43. The van der Waals surface area contributed by atoms with Gasteiger partial charge in [-0.2, -0.15) is 5.10 Å². The number of nitrogens with zero attached hydrogens (tertiary/aromatic N) is 3. The summed E-state index contributed by atoms with van der Waals surface area (Å²) in [5.41, 5.74) is 5.31. The van der Waals surface area contributed by atoms with E-state index < -0.39 is 0 Å². The molecule has 0 unspecified atom stereocenters. The van der Waals surface area contributed by atoms with E-state index in [-0.39, 0.29) is 30.4 Å². The average molecular weight is 478 g/mol. The van der Waals surface area contributed by atoms with Crippen molar-refractivity contribution in [3.05, 3.63) is 64.7 Å². The molecule has 1 amide bonds. The first-order valence-electron chi connectivity index (χ1n) is 12.4. The van der Waals surface area contributed by atoms with Crippen LogP contribution in [0, 0.1) is 19.8 Å². The summed E-state index contributed by atoms with van der Waals surface area (Å²) in [4.78, 5) is 27.9. The summed E-state index contributed by atoms with van der Waals surface area (Å²) >= 11 is 0. The highest BCUT2D eigenvalue weighted by atomic mass is 16.5. The topological polar surface area (TPSA) is 71.4 Å². The van der Waals surface area contributed by atoms with Crippen LogP contribution in [0.4, 0.5) is 0 Å². The lowest BCUT2D eigenvalue weighted by molar-refractivity contribution is -0.150. The highest BCUT2D eigenvalue weighted by Gasteiger charge is 2.35. The predicted octanol–water partition coefficient (Wildman–Crippen LogP) is 4.26. The van der Waals surface area contributed by atoms with E-state index in [1.54, 1.807) is 12.1 Å². The van der Waals surface area contributed by atoms with Crippen LogP contribution in [0.3, 0.4) is 0 Å². The third-order valence-electron chi connectivity index (χ3n) is 6.82. The number of piperidine rings is 1. The number of hydrogen-bond donors (Lipinski definition) is 0. The third kappa shape index (κ3) is 5.73. The highest BCUT2D eigenvalue weighted by molar-refractivity contribution is 6.04. The van der Waals surface area contributed by atoms with Crippen molar-refractivity contribution in [1.29, 1.82) is 0 Å². The molecule has 0 radical (unpaired) electrons. The molecule has 2 heterocycles. The van der Waals surface area contributed by atoms with Gasteiger partial charge >= 0.3 is 5.97 Å². The summed E-state index contributed by atoms with van der Waals surface area (Å²) in [6.07, 6.45) is 2.30. The van der Waals surface area contributed by atoms with Crippen molar-refractivity contribution in [1.82, 2.24) is 9.91 Å². The van der Waals surface area contributed by atoms with Crippen LogP contribution in [0.2, 0.25) is 0 Å². The minimum absolute atomic E-state index is 0.0675. The summed E-state index contributed by atoms with van der Waals surface area (Å²) < 4.78 is 10.7. The number of hydrogen-bond acceptors (Lipinski definition) is 6. The van der Waals surface area contributed by atoms with Gasteiger partial charge in [0.15, 0.2) is 0 Å². The first-order valence-corrected chi connectivity index (χ1v) is 12.4. The molecule has 0 spiro atoms. The minimum Gasteiger partial charge on any atom is -0.497 e. The van der Waals surface area contributed by atoms with Crippen LogP contribution < -0.4 is 4.74 Å². The maximum absolute atomic E-state index is 13.6. The van der Waals surface area contributed by atoms with Gasteiger partial charge in [-0.1, -0.05) is 35.9 Å². The highest BCUT2D eigenvalue weighted by Crippen LogP contribution is 2.35. The van der Waals surface area contributed by atoms with E-state index >= 15 is 0 Å². The average Bonchev–Trinajstić information content (AvgIpc) is 3.30. The lowest BCUT2D eigenvalue weighted by Gasteiger charge is -2.32.